The molecule has 30 heavy (non-hydrogen) atoms. The maximum atomic E-state index is 12.2. The molecule has 0 radical (unpaired) electrons. The van der Waals surface area contributed by atoms with Crippen LogP contribution < -0.4 is 10.6 Å². The summed E-state index contributed by atoms with van der Waals surface area (Å²) in [4.78, 5) is 23.5. The summed E-state index contributed by atoms with van der Waals surface area (Å²) >= 11 is 1.64. The molecule has 1 aromatic heterocycles. The number of benzene rings is 3. The van der Waals surface area contributed by atoms with Crippen molar-refractivity contribution in [3.8, 4) is 0 Å². The van der Waals surface area contributed by atoms with E-state index < -0.39 is 0 Å². The molecule has 4 rings (SSSR count). The number of hydrogen-bond acceptors (Lipinski definition) is 3. The van der Waals surface area contributed by atoms with Crippen molar-refractivity contribution in [2.24, 2.45) is 0 Å². The molecule has 1 heterocycles. The number of hydrogen-bond donors (Lipinski definition) is 3. The second kappa shape index (κ2) is 8.72. The number of amides is 2. The number of anilines is 2. The Morgan fingerprint density at radius 3 is 2.47 bits per heavy atom. The van der Waals surface area contributed by atoms with Gasteiger partial charge in [-0.05, 0) is 42.8 Å². The fraction of sp³-hybridized carbons (Fsp3) is 0.0870. The normalized spacial score (nSPS) is 10.5. The SMILES string of the molecule is [C-]#[N+]c1ccc(NC(=O)Nc2ccc3nc(SCc4ccc(C)cc4)[nH]c3c2)cc1. The van der Waals surface area contributed by atoms with Crippen LogP contribution in [0.5, 0.6) is 0 Å². The summed E-state index contributed by atoms with van der Waals surface area (Å²) in [5, 5.41) is 6.41. The minimum absolute atomic E-state index is 0.349. The Kier molecular flexibility index (Phi) is 5.68. The fourth-order valence-electron chi connectivity index (χ4n) is 2.88. The van der Waals surface area contributed by atoms with E-state index in [1.54, 1.807) is 36.0 Å². The Bertz CT molecular complexity index is 1220. The molecule has 3 N–H and O–H groups in total. The minimum atomic E-state index is -0.349. The molecule has 7 heteroatoms. The third-order valence-corrected chi connectivity index (χ3v) is 5.41. The van der Waals surface area contributed by atoms with E-state index in [1.807, 2.05) is 18.2 Å². The molecule has 0 spiro atoms. The van der Waals surface area contributed by atoms with Crippen LogP contribution in [0.25, 0.3) is 15.9 Å². The summed E-state index contributed by atoms with van der Waals surface area (Å²) in [5.41, 5.74) is 6.02. The molecule has 3 aromatic carbocycles. The van der Waals surface area contributed by atoms with Crippen molar-refractivity contribution >= 4 is 45.9 Å². The number of aromatic nitrogens is 2. The largest absolute Gasteiger partial charge is 0.333 e. The number of rotatable bonds is 5. The van der Waals surface area contributed by atoms with Gasteiger partial charge in [0.05, 0.1) is 17.6 Å². The highest BCUT2D eigenvalue weighted by Crippen LogP contribution is 2.25. The lowest BCUT2D eigenvalue weighted by atomic mass is 10.2. The fourth-order valence-corrected chi connectivity index (χ4v) is 3.72. The van der Waals surface area contributed by atoms with E-state index >= 15 is 0 Å². The molecule has 0 saturated carbocycles. The smallest absolute Gasteiger partial charge is 0.323 e. The first-order valence-electron chi connectivity index (χ1n) is 9.33. The van der Waals surface area contributed by atoms with Gasteiger partial charge in [0, 0.05) is 17.1 Å². The summed E-state index contributed by atoms with van der Waals surface area (Å²) in [7, 11) is 0. The van der Waals surface area contributed by atoms with Crippen LogP contribution in [0.1, 0.15) is 11.1 Å². The average Bonchev–Trinajstić information content (AvgIpc) is 3.16. The van der Waals surface area contributed by atoms with Crippen LogP contribution in [0.4, 0.5) is 21.9 Å². The van der Waals surface area contributed by atoms with Crippen LogP contribution in [0.2, 0.25) is 0 Å². The molecule has 2 amide bonds. The van der Waals surface area contributed by atoms with Gasteiger partial charge in [-0.1, -0.05) is 53.7 Å². The first-order valence-corrected chi connectivity index (χ1v) is 10.3. The van der Waals surface area contributed by atoms with Gasteiger partial charge >= 0.3 is 6.03 Å². The molecular weight excluding hydrogens is 394 g/mol. The number of fused-ring (bicyclic) bond motifs is 1. The monoisotopic (exact) mass is 413 g/mol. The average molecular weight is 414 g/mol. The maximum Gasteiger partial charge on any atom is 0.323 e. The molecular formula is C23H19N5OS. The van der Waals surface area contributed by atoms with Gasteiger partial charge in [0.15, 0.2) is 10.8 Å². The molecule has 0 aliphatic heterocycles. The molecule has 0 fully saturated rings. The van der Waals surface area contributed by atoms with Crippen molar-refractivity contribution in [1.29, 1.82) is 0 Å². The van der Waals surface area contributed by atoms with Gasteiger partial charge in [-0.25, -0.2) is 14.6 Å². The van der Waals surface area contributed by atoms with Gasteiger partial charge in [0.25, 0.3) is 0 Å². The lowest BCUT2D eigenvalue weighted by Crippen LogP contribution is -2.19. The van der Waals surface area contributed by atoms with Gasteiger partial charge in [-0.3, -0.25) is 0 Å². The summed E-state index contributed by atoms with van der Waals surface area (Å²) in [6.45, 7) is 9.04. The molecule has 0 aliphatic rings. The molecule has 6 nitrogen and oxygen atoms in total. The van der Waals surface area contributed by atoms with Crippen molar-refractivity contribution in [3.63, 3.8) is 0 Å². The molecule has 0 aliphatic carbocycles. The number of aryl methyl sites for hydroxylation is 1. The molecule has 0 atom stereocenters. The van der Waals surface area contributed by atoms with Gasteiger partial charge in [0.2, 0.25) is 0 Å². The van der Waals surface area contributed by atoms with Crippen LogP contribution in [0.3, 0.4) is 0 Å². The number of nitrogens with zero attached hydrogens (tertiary/aromatic N) is 2. The number of carbonyl (C=O) groups excluding carboxylic acids is 1. The standard InChI is InChI=1S/C23H19N5OS/c1-15-3-5-16(6-4-15)14-30-23-27-20-12-11-19(13-21(20)28-23)26-22(29)25-18-9-7-17(24-2)8-10-18/h3-13H,14H2,1H3,(H,27,28)(H2,25,26,29). The van der Waals surface area contributed by atoms with E-state index in [9.17, 15) is 4.79 Å². The number of carbonyl (C=O) groups is 1. The number of urea groups is 1. The summed E-state index contributed by atoms with van der Waals surface area (Å²) in [6.07, 6.45) is 0. The van der Waals surface area contributed by atoms with E-state index in [2.05, 4.69) is 56.6 Å². The molecule has 4 aromatic rings. The lowest BCUT2D eigenvalue weighted by Gasteiger charge is -2.07. The Balaban J connectivity index is 1.39. The third kappa shape index (κ3) is 4.80. The predicted molar refractivity (Wildman–Crippen MR) is 122 cm³/mol. The maximum absolute atomic E-state index is 12.2. The number of imidazole rings is 1. The quantitative estimate of drug-likeness (QED) is 0.263. The van der Waals surface area contributed by atoms with Gasteiger partial charge in [-0.15, -0.1) is 0 Å². The van der Waals surface area contributed by atoms with Gasteiger partial charge < -0.3 is 15.6 Å². The molecule has 0 saturated heterocycles. The van der Waals surface area contributed by atoms with Crippen molar-refractivity contribution in [2.75, 3.05) is 10.6 Å². The highest BCUT2D eigenvalue weighted by molar-refractivity contribution is 7.98. The van der Waals surface area contributed by atoms with Gasteiger partial charge in [0.1, 0.15) is 0 Å². The Hall–Kier alpha value is -3.76. The first-order chi connectivity index (χ1) is 14.6. The van der Waals surface area contributed by atoms with Crippen molar-refractivity contribution in [1.82, 2.24) is 9.97 Å². The minimum Gasteiger partial charge on any atom is -0.333 e. The summed E-state index contributed by atoms with van der Waals surface area (Å²) in [5.74, 6) is 0.833. The van der Waals surface area contributed by atoms with Crippen molar-refractivity contribution < 1.29 is 4.79 Å². The van der Waals surface area contributed by atoms with Crippen molar-refractivity contribution in [3.05, 3.63) is 89.3 Å². The Morgan fingerprint density at radius 1 is 1.03 bits per heavy atom. The van der Waals surface area contributed by atoms with E-state index in [1.165, 1.54) is 11.1 Å². The number of H-pyrrole nitrogens is 1. The van der Waals surface area contributed by atoms with Crippen LogP contribution in [0, 0.1) is 13.5 Å². The second-order valence-electron chi connectivity index (χ2n) is 6.79. The first kappa shape index (κ1) is 19.6. The van der Waals surface area contributed by atoms with Crippen molar-refractivity contribution in [2.45, 2.75) is 17.8 Å². The van der Waals surface area contributed by atoms with E-state index in [0.29, 0.717) is 17.1 Å². The number of thioether (sulfide) groups is 1. The molecule has 0 bridgehead atoms. The zero-order valence-corrected chi connectivity index (χ0v) is 17.1. The zero-order valence-electron chi connectivity index (χ0n) is 16.3. The highest BCUT2D eigenvalue weighted by atomic mass is 32.2. The zero-order chi connectivity index (χ0) is 20.9. The Morgan fingerprint density at radius 2 is 1.73 bits per heavy atom. The van der Waals surface area contributed by atoms with E-state index in [4.69, 9.17) is 6.57 Å². The predicted octanol–water partition coefficient (Wildman–Crippen LogP) is 6.36. The van der Waals surface area contributed by atoms with Gasteiger partial charge in [-0.2, -0.15) is 0 Å². The van der Waals surface area contributed by atoms with Crippen LogP contribution in [-0.4, -0.2) is 16.0 Å². The van der Waals surface area contributed by atoms with E-state index in [-0.39, 0.29) is 6.03 Å². The molecule has 0 unspecified atom stereocenters. The summed E-state index contributed by atoms with van der Waals surface area (Å²) in [6, 6.07) is 20.4. The van der Waals surface area contributed by atoms with Crippen LogP contribution in [-0.2, 0) is 5.75 Å². The second-order valence-corrected chi connectivity index (χ2v) is 7.75. The Labute approximate surface area is 178 Å². The topological polar surface area (TPSA) is 74.2 Å². The van der Waals surface area contributed by atoms with Crippen LogP contribution >= 0.6 is 11.8 Å². The lowest BCUT2D eigenvalue weighted by molar-refractivity contribution is 0.262. The number of aromatic amines is 1. The number of nitrogens with one attached hydrogen (secondary N) is 3. The van der Waals surface area contributed by atoms with Crippen LogP contribution in [0.15, 0.2) is 71.9 Å². The van der Waals surface area contributed by atoms with E-state index in [0.717, 1.165) is 21.9 Å². The third-order valence-electron chi connectivity index (χ3n) is 4.47. The molecule has 148 valence electrons. The summed E-state index contributed by atoms with van der Waals surface area (Å²) < 4.78 is 0. The highest BCUT2D eigenvalue weighted by Gasteiger charge is 2.07.